The van der Waals surface area contributed by atoms with Crippen molar-refractivity contribution in [3.63, 3.8) is 0 Å². The van der Waals surface area contributed by atoms with E-state index in [2.05, 4.69) is 39.4 Å². The van der Waals surface area contributed by atoms with Gasteiger partial charge in [0.15, 0.2) is 0 Å². The molecule has 0 saturated carbocycles. The second-order valence-corrected chi connectivity index (χ2v) is 3.50. The van der Waals surface area contributed by atoms with Crippen molar-refractivity contribution >= 4 is 10.9 Å². The monoisotopic (exact) mass is 198 g/mol. The van der Waals surface area contributed by atoms with Crippen LogP contribution in [0.4, 0.5) is 0 Å². The fraction of sp³-hybridized carbons (Fsp3) is 0.0909. The maximum Gasteiger partial charge on any atom is 0.134 e. The molecular formula is C11H10N4. The van der Waals surface area contributed by atoms with E-state index in [9.17, 15) is 0 Å². The van der Waals surface area contributed by atoms with E-state index in [1.807, 2.05) is 17.7 Å². The summed E-state index contributed by atoms with van der Waals surface area (Å²) in [6, 6.07) is 8.28. The van der Waals surface area contributed by atoms with Crippen LogP contribution >= 0.6 is 0 Å². The largest absolute Gasteiger partial charge is 0.361 e. The summed E-state index contributed by atoms with van der Waals surface area (Å²) in [4.78, 5) is 3.17. The van der Waals surface area contributed by atoms with Gasteiger partial charge in [0, 0.05) is 22.8 Å². The van der Waals surface area contributed by atoms with Crippen LogP contribution < -0.4 is 0 Å². The van der Waals surface area contributed by atoms with Crippen LogP contribution in [0, 0.1) is 6.92 Å². The van der Waals surface area contributed by atoms with E-state index in [-0.39, 0.29) is 0 Å². The van der Waals surface area contributed by atoms with Crippen LogP contribution in [0.2, 0.25) is 0 Å². The van der Waals surface area contributed by atoms with E-state index in [0.717, 1.165) is 17.0 Å². The van der Waals surface area contributed by atoms with Crippen LogP contribution in [-0.4, -0.2) is 19.7 Å². The van der Waals surface area contributed by atoms with E-state index in [1.165, 1.54) is 5.39 Å². The van der Waals surface area contributed by atoms with Gasteiger partial charge in [-0.05, 0) is 31.2 Å². The quantitative estimate of drug-likeness (QED) is 0.650. The fourth-order valence-corrected chi connectivity index (χ4v) is 1.74. The number of nitrogens with zero attached hydrogens (tertiary/aromatic N) is 3. The van der Waals surface area contributed by atoms with Gasteiger partial charge in [0.25, 0.3) is 0 Å². The van der Waals surface area contributed by atoms with Crippen LogP contribution in [0.1, 0.15) is 5.82 Å². The number of aromatic amines is 1. The van der Waals surface area contributed by atoms with Crippen LogP contribution in [0.25, 0.3) is 16.6 Å². The van der Waals surface area contributed by atoms with Crippen LogP contribution in [0.15, 0.2) is 36.8 Å². The van der Waals surface area contributed by atoms with Crippen molar-refractivity contribution in [3.05, 3.63) is 42.6 Å². The Hall–Kier alpha value is -2.10. The molecule has 0 radical (unpaired) electrons. The van der Waals surface area contributed by atoms with Gasteiger partial charge in [-0.25, -0.2) is 0 Å². The van der Waals surface area contributed by atoms with Gasteiger partial charge in [-0.2, -0.15) is 0 Å². The molecule has 0 unspecified atom stereocenters. The number of benzene rings is 1. The molecule has 74 valence electrons. The summed E-state index contributed by atoms with van der Waals surface area (Å²) in [5, 5.41) is 9.03. The number of hydrogen-bond acceptors (Lipinski definition) is 2. The first-order chi connectivity index (χ1) is 7.34. The molecule has 4 heteroatoms. The topological polar surface area (TPSA) is 46.5 Å². The highest BCUT2D eigenvalue weighted by Crippen LogP contribution is 2.17. The molecule has 2 aromatic heterocycles. The lowest BCUT2D eigenvalue weighted by Crippen LogP contribution is -1.94. The molecule has 1 aromatic carbocycles. The molecule has 0 aliphatic heterocycles. The minimum atomic E-state index is 0.893. The second kappa shape index (κ2) is 2.95. The molecule has 4 nitrogen and oxygen atoms in total. The molecule has 3 rings (SSSR count). The zero-order valence-electron chi connectivity index (χ0n) is 8.31. The average Bonchev–Trinajstić information content (AvgIpc) is 2.84. The Bertz CT molecular complexity index is 606. The summed E-state index contributed by atoms with van der Waals surface area (Å²) < 4.78 is 1.96. The molecule has 0 saturated heterocycles. The van der Waals surface area contributed by atoms with Crippen molar-refractivity contribution < 1.29 is 0 Å². The first kappa shape index (κ1) is 8.23. The SMILES string of the molecule is Cc1nncn1-c1ccc2[nH]ccc2c1. The smallest absolute Gasteiger partial charge is 0.134 e. The number of aromatic nitrogens is 4. The summed E-state index contributed by atoms with van der Waals surface area (Å²) in [5.41, 5.74) is 2.23. The molecule has 3 aromatic rings. The highest BCUT2D eigenvalue weighted by molar-refractivity contribution is 5.81. The lowest BCUT2D eigenvalue weighted by atomic mass is 10.2. The molecule has 0 fully saturated rings. The zero-order valence-corrected chi connectivity index (χ0v) is 8.31. The molecule has 0 bridgehead atoms. The van der Waals surface area contributed by atoms with Crippen molar-refractivity contribution in [2.75, 3.05) is 0 Å². The zero-order chi connectivity index (χ0) is 10.3. The Balaban J connectivity index is 2.23. The normalized spacial score (nSPS) is 11.0. The molecule has 1 N–H and O–H groups in total. The number of fused-ring (bicyclic) bond motifs is 1. The van der Waals surface area contributed by atoms with Crippen molar-refractivity contribution in [1.29, 1.82) is 0 Å². The van der Waals surface area contributed by atoms with Crippen LogP contribution in [-0.2, 0) is 0 Å². The molecule has 0 atom stereocenters. The van der Waals surface area contributed by atoms with Crippen molar-refractivity contribution in [3.8, 4) is 5.69 Å². The lowest BCUT2D eigenvalue weighted by Gasteiger charge is -2.03. The Morgan fingerprint density at radius 2 is 2.20 bits per heavy atom. The molecule has 2 heterocycles. The van der Waals surface area contributed by atoms with Crippen molar-refractivity contribution in [2.24, 2.45) is 0 Å². The first-order valence-corrected chi connectivity index (χ1v) is 4.79. The average molecular weight is 198 g/mol. The number of hydrogen-bond donors (Lipinski definition) is 1. The van der Waals surface area contributed by atoms with Gasteiger partial charge in [0.2, 0.25) is 0 Å². The third-order valence-electron chi connectivity index (χ3n) is 2.53. The highest BCUT2D eigenvalue weighted by Gasteiger charge is 2.02. The minimum Gasteiger partial charge on any atom is -0.361 e. The van der Waals surface area contributed by atoms with Gasteiger partial charge in [-0.15, -0.1) is 10.2 Å². The number of H-pyrrole nitrogens is 1. The maximum absolute atomic E-state index is 3.97. The van der Waals surface area contributed by atoms with E-state index in [0.29, 0.717) is 0 Å². The number of rotatable bonds is 1. The van der Waals surface area contributed by atoms with Crippen molar-refractivity contribution in [2.45, 2.75) is 6.92 Å². The van der Waals surface area contributed by atoms with E-state index in [4.69, 9.17) is 0 Å². The molecule has 0 aliphatic rings. The van der Waals surface area contributed by atoms with E-state index >= 15 is 0 Å². The summed E-state index contributed by atoms with van der Waals surface area (Å²) >= 11 is 0. The Kier molecular flexibility index (Phi) is 1.62. The van der Waals surface area contributed by atoms with Crippen LogP contribution in [0.5, 0.6) is 0 Å². The van der Waals surface area contributed by atoms with Gasteiger partial charge >= 0.3 is 0 Å². The van der Waals surface area contributed by atoms with Gasteiger partial charge in [-0.3, -0.25) is 4.57 Å². The van der Waals surface area contributed by atoms with Gasteiger partial charge in [0.1, 0.15) is 12.2 Å². The summed E-state index contributed by atoms with van der Waals surface area (Å²) in [7, 11) is 0. The van der Waals surface area contributed by atoms with Gasteiger partial charge < -0.3 is 4.98 Å². The molecule has 0 amide bonds. The molecule has 15 heavy (non-hydrogen) atoms. The third kappa shape index (κ3) is 1.22. The van der Waals surface area contributed by atoms with E-state index in [1.54, 1.807) is 6.33 Å². The third-order valence-corrected chi connectivity index (χ3v) is 2.53. The number of nitrogens with one attached hydrogen (secondary N) is 1. The Labute approximate surface area is 86.6 Å². The first-order valence-electron chi connectivity index (χ1n) is 4.79. The Morgan fingerprint density at radius 3 is 3.00 bits per heavy atom. The maximum atomic E-state index is 3.97. The highest BCUT2D eigenvalue weighted by atomic mass is 15.3. The molecular weight excluding hydrogens is 188 g/mol. The Morgan fingerprint density at radius 1 is 1.27 bits per heavy atom. The van der Waals surface area contributed by atoms with Crippen molar-refractivity contribution in [1.82, 2.24) is 19.7 Å². The number of aryl methyl sites for hydroxylation is 1. The predicted octanol–water partition coefficient (Wildman–Crippen LogP) is 2.06. The predicted molar refractivity (Wildman–Crippen MR) is 58.0 cm³/mol. The summed E-state index contributed by atoms with van der Waals surface area (Å²) in [5.74, 6) is 0.893. The molecule has 0 aliphatic carbocycles. The van der Waals surface area contributed by atoms with Gasteiger partial charge in [0.05, 0.1) is 0 Å². The summed E-state index contributed by atoms with van der Waals surface area (Å²) in [6.45, 7) is 1.94. The minimum absolute atomic E-state index is 0.893. The second-order valence-electron chi connectivity index (χ2n) is 3.50. The summed E-state index contributed by atoms with van der Waals surface area (Å²) in [6.07, 6.45) is 3.66. The molecule has 0 spiro atoms. The van der Waals surface area contributed by atoms with E-state index < -0.39 is 0 Å². The lowest BCUT2D eigenvalue weighted by molar-refractivity contribution is 0.971. The fourth-order valence-electron chi connectivity index (χ4n) is 1.74. The van der Waals surface area contributed by atoms with Gasteiger partial charge in [-0.1, -0.05) is 0 Å². The standard InChI is InChI=1S/C11H10N4/c1-8-14-13-7-15(8)10-2-3-11-9(6-10)4-5-12-11/h2-7,12H,1H3. The van der Waals surface area contributed by atoms with Crippen LogP contribution in [0.3, 0.4) is 0 Å².